The van der Waals surface area contributed by atoms with Crippen LogP contribution in [0.2, 0.25) is 0 Å². The minimum Gasteiger partial charge on any atom is -0.388 e. The van der Waals surface area contributed by atoms with Gasteiger partial charge >= 0.3 is 0 Å². The van der Waals surface area contributed by atoms with Crippen molar-refractivity contribution in [1.82, 2.24) is 0 Å². The van der Waals surface area contributed by atoms with Gasteiger partial charge in [-0.3, -0.25) is 0 Å². The molecule has 1 aliphatic carbocycles. The molecule has 0 bridgehead atoms. The molecular weight excluding hydrogens is 172 g/mol. The van der Waals surface area contributed by atoms with Crippen LogP contribution in [0, 0.1) is 0 Å². The molecule has 1 rings (SSSR count). The molecule has 0 aliphatic heterocycles. The van der Waals surface area contributed by atoms with E-state index in [9.17, 15) is 0 Å². The predicted octanol–water partition coefficient (Wildman–Crippen LogP) is 4.13. The maximum Gasteiger partial charge on any atom is 0.0351 e. The average Bonchev–Trinajstić information content (AvgIpc) is 2.69. The third-order valence-corrected chi connectivity index (χ3v) is 1.80. The van der Waals surface area contributed by atoms with E-state index in [4.69, 9.17) is 0 Å². The van der Waals surface area contributed by atoms with E-state index in [0.29, 0.717) is 0 Å². The molecule has 0 spiro atoms. The van der Waals surface area contributed by atoms with Gasteiger partial charge in [0.15, 0.2) is 0 Å². The van der Waals surface area contributed by atoms with Crippen molar-refractivity contribution in [2.24, 2.45) is 0 Å². The second-order valence-corrected chi connectivity index (χ2v) is 2.72. The summed E-state index contributed by atoms with van der Waals surface area (Å²) in [5.41, 5.74) is 2.79. The second-order valence-electron chi connectivity index (χ2n) is 2.72. The molecule has 1 aliphatic rings. The molecule has 82 valence electrons. The summed E-state index contributed by atoms with van der Waals surface area (Å²) in [5, 5.41) is 0. The Labute approximate surface area is 89.2 Å². The molecule has 0 N–H and O–H groups in total. The first-order valence-corrected chi connectivity index (χ1v) is 5.17. The Morgan fingerprint density at radius 1 is 1.00 bits per heavy atom. The number of hydrogen-bond donors (Lipinski definition) is 0. The summed E-state index contributed by atoms with van der Waals surface area (Å²) >= 11 is 0. The maximum atomic E-state index is 4.25. The van der Waals surface area contributed by atoms with Crippen LogP contribution in [0.4, 0.5) is 0 Å². The lowest BCUT2D eigenvalue weighted by Gasteiger charge is -1.92. The zero-order valence-corrected chi connectivity index (χ0v) is 10.1. The van der Waals surface area contributed by atoms with E-state index in [2.05, 4.69) is 17.9 Å². The lowest BCUT2D eigenvalue weighted by molar-refractivity contribution is 0.277. The quantitative estimate of drug-likeness (QED) is 0.645. The first-order chi connectivity index (χ1) is 6.79. The van der Waals surface area contributed by atoms with E-state index in [1.807, 2.05) is 26.0 Å². The zero-order valence-electron chi connectivity index (χ0n) is 10.1. The highest BCUT2D eigenvalue weighted by atomic mass is 16.4. The third kappa shape index (κ3) is 6.67. The Bertz CT molecular complexity index is 160. The third-order valence-electron chi connectivity index (χ3n) is 1.80. The topological polar surface area (TPSA) is 9.23 Å². The van der Waals surface area contributed by atoms with E-state index in [1.54, 1.807) is 14.2 Å². The first kappa shape index (κ1) is 15.6. The van der Waals surface area contributed by atoms with Gasteiger partial charge < -0.3 is 4.74 Å². The highest BCUT2D eigenvalue weighted by Gasteiger charge is 2.07. The Morgan fingerprint density at radius 3 is 1.50 bits per heavy atom. The van der Waals surface area contributed by atoms with Crippen molar-refractivity contribution >= 4 is 0 Å². The number of ether oxygens (including phenoxy) is 1. The number of methoxy groups -OCH3 is 1. The molecule has 0 aromatic carbocycles. The Morgan fingerprint density at radius 2 is 1.29 bits per heavy atom. The van der Waals surface area contributed by atoms with Crippen LogP contribution in [0.15, 0.2) is 36.5 Å². The van der Waals surface area contributed by atoms with Crippen molar-refractivity contribution in [3.63, 3.8) is 0 Å². The van der Waals surface area contributed by atoms with Crippen molar-refractivity contribution in [3.05, 3.63) is 36.5 Å². The highest BCUT2D eigenvalue weighted by molar-refractivity contribution is 5.34. The van der Waals surface area contributed by atoms with Gasteiger partial charge in [0.05, 0.1) is 0 Å². The summed E-state index contributed by atoms with van der Waals surface area (Å²) in [6.07, 6.45) is 7.58. The van der Waals surface area contributed by atoms with Crippen molar-refractivity contribution < 1.29 is 4.74 Å². The molecule has 1 nitrogen and oxygen atoms in total. The lowest BCUT2D eigenvalue weighted by Crippen LogP contribution is -1.71. The van der Waals surface area contributed by atoms with Crippen molar-refractivity contribution in [2.75, 3.05) is 14.2 Å². The fourth-order valence-electron chi connectivity index (χ4n) is 1.26. The van der Waals surface area contributed by atoms with Crippen molar-refractivity contribution in [3.8, 4) is 0 Å². The van der Waals surface area contributed by atoms with E-state index < -0.39 is 0 Å². The lowest BCUT2D eigenvalue weighted by atomic mass is 10.1. The van der Waals surface area contributed by atoms with E-state index in [0.717, 1.165) is 0 Å². The van der Waals surface area contributed by atoms with Crippen LogP contribution in [0.1, 0.15) is 33.1 Å². The minimum atomic E-state index is 1.20. The monoisotopic (exact) mass is 196 g/mol. The maximum absolute atomic E-state index is 4.25. The second kappa shape index (κ2) is 12.2. The average molecular weight is 196 g/mol. The standard InChI is InChI=1S/C9H12.C2H6O.C2H6/c1-3-8-6-5-7-9(8)4-2;1-3-2;1-2/h3-4H,1-2,5-7H2;1-2H3;1-2H3. The summed E-state index contributed by atoms with van der Waals surface area (Å²) < 4.78 is 4.25. The number of rotatable bonds is 2. The van der Waals surface area contributed by atoms with Gasteiger partial charge in [-0.25, -0.2) is 0 Å². The molecule has 0 fully saturated rings. The van der Waals surface area contributed by atoms with E-state index in [1.165, 1.54) is 30.4 Å². The summed E-state index contributed by atoms with van der Waals surface area (Å²) in [4.78, 5) is 0. The highest BCUT2D eigenvalue weighted by Crippen LogP contribution is 2.26. The Hall–Kier alpha value is -0.820. The molecule has 0 heterocycles. The van der Waals surface area contributed by atoms with Crippen LogP contribution in [0.25, 0.3) is 0 Å². The van der Waals surface area contributed by atoms with Crippen LogP contribution in [-0.2, 0) is 4.74 Å². The molecule has 0 aromatic heterocycles. The zero-order chi connectivity index (χ0) is 11.4. The minimum absolute atomic E-state index is 1.20. The van der Waals surface area contributed by atoms with Crippen LogP contribution in [0.3, 0.4) is 0 Å². The van der Waals surface area contributed by atoms with Gasteiger partial charge in [-0.05, 0) is 30.4 Å². The van der Waals surface area contributed by atoms with Crippen molar-refractivity contribution in [2.45, 2.75) is 33.1 Å². The summed E-state index contributed by atoms with van der Waals surface area (Å²) in [7, 11) is 3.25. The molecule has 0 atom stereocenters. The van der Waals surface area contributed by atoms with Gasteiger partial charge in [-0.2, -0.15) is 0 Å². The van der Waals surface area contributed by atoms with Gasteiger partial charge in [0, 0.05) is 14.2 Å². The summed E-state index contributed by atoms with van der Waals surface area (Å²) in [5.74, 6) is 0. The fourth-order valence-corrected chi connectivity index (χ4v) is 1.26. The fraction of sp³-hybridized carbons (Fsp3) is 0.538. The van der Waals surface area contributed by atoms with Crippen LogP contribution in [0.5, 0.6) is 0 Å². The molecule has 14 heavy (non-hydrogen) atoms. The van der Waals surface area contributed by atoms with Crippen LogP contribution < -0.4 is 0 Å². The Balaban J connectivity index is 0. The van der Waals surface area contributed by atoms with Crippen LogP contribution >= 0.6 is 0 Å². The largest absolute Gasteiger partial charge is 0.388 e. The molecule has 0 saturated heterocycles. The van der Waals surface area contributed by atoms with Gasteiger partial charge in [0.1, 0.15) is 0 Å². The normalized spacial score (nSPS) is 13.4. The number of hydrogen-bond acceptors (Lipinski definition) is 1. The van der Waals surface area contributed by atoms with Crippen LogP contribution in [-0.4, -0.2) is 14.2 Å². The molecule has 0 unspecified atom stereocenters. The van der Waals surface area contributed by atoms with Gasteiger partial charge in [0.2, 0.25) is 0 Å². The summed E-state index contributed by atoms with van der Waals surface area (Å²) in [6.45, 7) is 11.5. The van der Waals surface area contributed by atoms with Gasteiger partial charge in [-0.15, -0.1) is 0 Å². The SMILES string of the molecule is C=CC1=C(C=C)CCC1.CC.COC. The molecular formula is C13H24O. The molecule has 0 amide bonds. The predicted molar refractivity (Wildman–Crippen MR) is 65.6 cm³/mol. The number of allylic oxidation sites excluding steroid dienone is 4. The molecule has 0 radical (unpaired) electrons. The van der Waals surface area contributed by atoms with E-state index >= 15 is 0 Å². The molecule has 1 heteroatoms. The van der Waals surface area contributed by atoms with Gasteiger partial charge in [0.25, 0.3) is 0 Å². The van der Waals surface area contributed by atoms with E-state index in [-0.39, 0.29) is 0 Å². The van der Waals surface area contributed by atoms with Crippen molar-refractivity contribution in [1.29, 1.82) is 0 Å². The first-order valence-electron chi connectivity index (χ1n) is 5.17. The summed E-state index contributed by atoms with van der Waals surface area (Å²) in [6, 6.07) is 0. The molecule has 0 aromatic rings. The van der Waals surface area contributed by atoms with Gasteiger partial charge in [-0.1, -0.05) is 39.2 Å². The smallest absolute Gasteiger partial charge is 0.0351 e. The molecule has 0 saturated carbocycles. The Kier molecular flexibility index (Phi) is 13.6.